The van der Waals surface area contributed by atoms with Gasteiger partial charge in [-0.3, -0.25) is 0 Å². The van der Waals surface area contributed by atoms with E-state index in [1.807, 2.05) is 6.92 Å². The number of ether oxygens (including phenoxy) is 1. The Hall–Kier alpha value is -1.02. The van der Waals surface area contributed by atoms with Crippen molar-refractivity contribution in [1.29, 1.82) is 0 Å². The summed E-state index contributed by atoms with van der Waals surface area (Å²) in [6.07, 6.45) is 0.816. The number of carbonyl (C=O) groups is 1. The van der Waals surface area contributed by atoms with Crippen LogP contribution < -0.4 is 0 Å². The Bertz CT molecular complexity index is 297. The molecule has 1 aromatic carbocycles. The summed E-state index contributed by atoms with van der Waals surface area (Å²) in [5.41, 5.74) is 0.428. The lowest BCUT2D eigenvalue weighted by Crippen LogP contribution is -2.06. The van der Waals surface area contributed by atoms with Crippen molar-refractivity contribution in [3.05, 3.63) is 34.9 Å². The van der Waals surface area contributed by atoms with Crippen LogP contribution in [0, 0.1) is 0 Å². The summed E-state index contributed by atoms with van der Waals surface area (Å²) in [7, 11) is 0. The molecule has 0 atom stereocenters. The molecule has 70 valence electrons. The maximum atomic E-state index is 11.3. The van der Waals surface area contributed by atoms with Gasteiger partial charge in [-0.15, -0.1) is 0 Å². The van der Waals surface area contributed by atoms with E-state index in [-0.39, 0.29) is 5.97 Å². The molecule has 0 aliphatic carbocycles. The van der Waals surface area contributed by atoms with Gasteiger partial charge in [0.25, 0.3) is 0 Å². The molecule has 0 aromatic heterocycles. The maximum Gasteiger partial charge on any atom is 0.339 e. The van der Waals surface area contributed by atoms with Gasteiger partial charge in [0.2, 0.25) is 0 Å². The highest BCUT2D eigenvalue weighted by molar-refractivity contribution is 6.33. The Kier molecular flexibility index (Phi) is 3.77. The first-order chi connectivity index (χ1) is 6.25. The van der Waals surface area contributed by atoms with Crippen molar-refractivity contribution in [2.24, 2.45) is 0 Å². The van der Waals surface area contributed by atoms with Gasteiger partial charge in [0.15, 0.2) is 0 Å². The zero-order chi connectivity index (χ0) is 9.68. The fourth-order valence-electron chi connectivity index (χ4n) is 0.899. The fraction of sp³-hybridized carbons (Fsp3) is 0.300. The zero-order valence-electron chi connectivity index (χ0n) is 7.42. The van der Waals surface area contributed by atoms with Crippen LogP contribution in [0.1, 0.15) is 23.7 Å². The van der Waals surface area contributed by atoms with E-state index in [9.17, 15) is 4.79 Å². The number of benzene rings is 1. The van der Waals surface area contributed by atoms with Gasteiger partial charge < -0.3 is 4.74 Å². The molecule has 1 rings (SSSR count). The monoisotopic (exact) mass is 198 g/mol. The Morgan fingerprint density at radius 2 is 2.15 bits per heavy atom. The van der Waals surface area contributed by atoms with Crippen LogP contribution in [-0.4, -0.2) is 12.6 Å². The minimum Gasteiger partial charge on any atom is -0.462 e. The lowest BCUT2D eigenvalue weighted by molar-refractivity contribution is 0.0505. The van der Waals surface area contributed by atoms with Crippen molar-refractivity contribution < 1.29 is 9.53 Å². The van der Waals surface area contributed by atoms with Crippen molar-refractivity contribution in [3.63, 3.8) is 0 Å². The molecule has 0 amide bonds. The Labute approximate surface area is 82.5 Å². The van der Waals surface area contributed by atoms with Gasteiger partial charge in [-0.25, -0.2) is 4.79 Å². The molecule has 0 radical (unpaired) electrons. The van der Waals surface area contributed by atoms with Crippen molar-refractivity contribution in [2.45, 2.75) is 13.3 Å². The van der Waals surface area contributed by atoms with Gasteiger partial charge in [0.05, 0.1) is 17.2 Å². The fourth-order valence-corrected chi connectivity index (χ4v) is 1.11. The van der Waals surface area contributed by atoms with Crippen molar-refractivity contribution in [3.8, 4) is 0 Å². The Balaban J connectivity index is 2.71. The molecular weight excluding hydrogens is 188 g/mol. The molecule has 0 heterocycles. The van der Waals surface area contributed by atoms with Crippen LogP contribution in [0.4, 0.5) is 0 Å². The predicted molar refractivity (Wildman–Crippen MR) is 52.0 cm³/mol. The Morgan fingerprint density at radius 1 is 1.46 bits per heavy atom. The lowest BCUT2D eigenvalue weighted by atomic mass is 10.2. The average Bonchev–Trinajstić information content (AvgIpc) is 2.15. The van der Waals surface area contributed by atoms with Crippen LogP contribution in [0.2, 0.25) is 5.02 Å². The average molecular weight is 199 g/mol. The third-order valence-electron chi connectivity index (χ3n) is 1.53. The van der Waals surface area contributed by atoms with Crippen LogP contribution in [0.15, 0.2) is 24.3 Å². The third-order valence-corrected chi connectivity index (χ3v) is 1.86. The van der Waals surface area contributed by atoms with Crippen LogP contribution in [0.25, 0.3) is 0 Å². The highest BCUT2D eigenvalue weighted by atomic mass is 35.5. The molecule has 0 N–H and O–H groups in total. The summed E-state index contributed by atoms with van der Waals surface area (Å²) in [5, 5.41) is 0.434. The molecule has 0 saturated heterocycles. The van der Waals surface area contributed by atoms with Crippen molar-refractivity contribution in [1.82, 2.24) is 0 Å². The van der Waals surface area contributed by atoms with Crippen molar-refractivity contribution in [2.75, 3.05) is 6.61 Å². The van der Waals surface area contributed by atoms with Gasteiger partial charge in [-0.1, -0.05) is 30.7 Å². The van der Waals surface area contributed by atoms with E-state index in [1.54, 1.807) is 24.3 Å². The number of esters is 1. The normalized spacial score (nSPS) is 9.69. The zero-order valence-corrected chi connectivity index (χ0v) is 8.17. The Morgan fingerprint density at radius 3 is 2.77 bits per heavy atom. The van der Waals surface area contributed by atoms with E-state index >= 15 is 0 Å². The van der Waals surface area contributed by atoms with E-state index in [0.29, 0.717) is 17.2 Å². The van der Waals surface area contributed by atoms with Crippen LogP contribution in [0.3, 0.4) is 0 Å². The number of halogens is 1. The molecule has 2 nitrogen and oxygen atoms in total. The number of carbonyl (C=O) groups excluding carboxylic acids is 1. The van der Waals surface area contributed by atoms with E-state index in [2.05, 4.69) is 0 Å². The molecule has 1 aromatic rings. The smallest absolute Gasteiger partial charge is 0.339 e. The minimum atomic E-state index is -0.354. The first kappa shape index (κ1) is 10.1. The summed E-state index contributed by atoms with van der Waals surface area (Å²) < 4.78 is 4.93. The summed E-state index contributed by atoms with van der Waals surface area (Å²) >= 11 is 5.80. The second kappa shape index (κ2) is 4.87. The SMILES string of the molecule is CCCOC(=O)c1ccccc1Cl. The first-order valence-corrected chi connectivity index (χ1v) is 4.55. The van der Waals surface area contributed by atoms with E-state index in [1.165, 1.54) is 0 Å². The van der Waals surface area contributed by atoms with Crippen molar-refractivity contribution >= 4 is 17.6 Å². The first-order valence-electron chi connectivity index (χ1n) is 4.17. The maximum absolute atomic E-state index is 11.3. The number of hydrogen-bond donors (Lipinski definition) is 0. The summed E-state index contributed by atoms with van der Waals surface area (Å²) in [5.74, 6) is -0.354. The molecule has 0 fully saturated rings. The highest BCUT2D eigenvalue weighted by Crippen LogP contribution is 2.15. The standard InChI is InChI=1S/C10H11ClO2/c1-2-7-13-10(12)8-5-3-4-6-9(8)11/h3-6H,2,7H2,1H3. The van der Waals surface area contributed by atoms with Crippen LogP contribution in [-0.2, 0) is 4.74 Å². The molecule has 0 bridgehead atoms. The highest BCUT2D eigenvalue weighted by Gasteiger charge is 2.09. The quantitative estimate of drug-likeness (QED) is 0.699. The van der Waals surface area contributed by atoms with Crippen LogP contribution >= 0.6 is 11.6 Å². The topological polar surface area (TPSA) is 26.3 Å². The molecule has 0 aliphatic rings. The van der Waals surface area contributed by atoms with Gasteiger partial charge in [0, 0.05) is 0 Å². The number of rotatable bonds is 3. The summed E-state index contributed by atoms with van der Waals surface area (Å²) in [4.78, 5) is 11.3. The molecule has 13 heavy (non-hydrogen) atoms. The van der Waals surface area contributed by atoms with E-state index < -0.39 is 0 Å². The second-order valence-electron chi connectivity index (χ2n) is 2.62. The molecule has 0 spiro atoms. The summed E-state index contributed by atoms with van der Waals surface area (Å²) in [6, 6.07) is 6.86. The third kappa shape index (κ3) is 2.74. The molecular formula is C10H11ClO2. The predicted octanol–water partition coefficient (Wildman–Crippen LogP) is 2.91. The van der Waals surface area contributed by atoms with Gasteiger partial charge in [-0.05, 0) is 18.6 Å². The lowest BCUT2D eigenvalue weighted by Gasteiger charge is -2.03. The number of hydrogen-bond acceptors (Lipinski definition) is 2. The second-order valence-corrected chi connectivity index (χ2v) is 3.02. The molecule has 0 aliphatic heterocycles. The van der Waals surface area contributed by atoms with Gasteiger partial charge in [-0.2, -0.15) is 0 Å². The molecule has 3 heteroatoms. The molecule has 0 unspecified atom stereocenters. The van der Waals surface area contributed by atoms with Gasteiger partial charge in [0.1, 0.15) is 0 Å². The summed E-state index contributed by atoms with van der Waals surface area (Å²) in [6.45, 7) is 2.38. The minimum absolute atomic E-state index is 0.354. The van der Waals surface area contributed by atoms with Crippen LogP contribution in [0.5, 0.6) is 0 Å². The van der Waals surface area contributed by atoms with E-state index in [4.69, 9.17) is 16.3 Å². The van der Waals surface area contributed by atoms with E-state index in [0.717, 1.165) is 6.42 Å². The molecule has 0 saturated carbocycles. The largest absolute Gasteiger partial charge is 0.462 e. The van der Waals surface area contributed by atoms with Gasteiger partial charge >= 0.3 is 5.97 Å².